The van der Waals surface area contributed by atoms with Gasteiger partial charge in [0.2, 0.25) is 0 Å². The number of hydrogen-bond donors (Lipinski definition) is 0. The zero-order chi connectivity index (χ0) is 8.69. The number of rotatable bonds is 6. The fourth-order valence-corrected chi connectivity index (χ4v) is 9.56. The molecule has 0 aromatic carbocycles. The van der Waals surface area contributed by atoms with Crippen LogP contribution in [0.15, 0.2) is 0 Å². The quantitative estimate of drug-likeness (QED) is 0.649. The van der Waals surface area contributed by atoms with Crippen molar-refractivity contribution in [2.75, 3.05) is 28.4 Å². The molecule has 0 aliphatic heterocycles. The summed E-state index contributed by atoms with van der Waals surface area (Å²) in [7, 11) is 6.67. The van der Waals surface area contributed by atoms with Crippen molar-refractivity contribution < 1.29 is 14.9 Å². The van der Waals surface area contributed by atoms with Crippen LogP contribution in [0.5, 0.6) is 0 Å². The van der Waals surface area contributed by atoms with E-state index in [0.29, 0.717) is 0 Å². The molecule has 0 N–H and O–H groups in total. The molecule has 0 aliphatic carbocycles. The van der Waals surface area contributed by atoms with Crippen LogP contribution in [0.4, 0.5) is 0 Å². The summed E-state index contributed by atoms with van der Waals surface area (Å²) in [6.45, 7) is 0. The van der Waals surface area contributed by atoms with Crippen molar-refractivity contribution in [3.8, 4) is 0 Å². The molecular weight excluding hydrogens is 274 g/mol. The van der Waals surface area contributed by atoms with Gasteiger partial charge in [-0.2, -0.15) is 0 Å². The molecule has 0 aromatic heterocycles. The van der Waals surface area contributed by atoms with E-state index in [1.54, 1.807) is 28.4 Å². The Morgan fingerprint density at radius 1 is 0.727 bits per heavy atom. The summed E-state index contributed by atoms with van der Waals surface area (Å²) in [5, 5.41) is 0. The average Bonchev–Trinajstić information content (AvgIpc) is 2.07. The second-order valence-electron chi connectivity index (χ2n) is 1.54. The first kappa shape index (κ1) is 12.0. The Morgan fingerprint density at radius 2 is 1.00 bits per heavy atom. The Balaban J connectivity index is 3.58. The van der Waals surface area contributed by atoms with E-state index in [4.69, 9.17) is 14.9 Å². The van der Waals surface area contributed by atoms with E-state index >= 15 is 0 Å². The molecule has 0 fully saturated rings. The fourth-order valence-electron chi connectivity index (χ4n) is 0.474. The second-order valence-corrected chi connectivity index (χ2v) is 11.1. The Labute approximate surface area is 78.1 Å². The van der Waals surface area contributed by atoms with Crippen molar-refractivity contribution in [3.05, 3.63) is 0 Å². The summed E-state index contributed by atoms with van der Waals surface area (Å²) in [5.74, 6) is 0. The van der Waals surface area contributed by atoms with Gasteiger partial charge in [-0.1, -0.05) is 0 Å². The Bertz CT molecular complexity index is 74.6. The van der Waals surface area contributed by atoms with Crippen LogP contribution < -0.4 is 0 Å². The van der Waals surface area contributed by atoms with Crippen LogP contribution >= 0.6 is 0 Å². The number of hydrogen-bond acceptors (Lipinski definition) is 4. The molecule has 4 nitrogen and oxygen atoms in total. The van der Waals surface area contributed by atoms with Crippen LogP contribution in [0.3, 0.4) is 0 Å². The van der Waals surface area contributed by atoms with Crippen molar-refractivity contribution >= 4 is 30.7 Å². The van der Waals surface area contributed by atoms with Crippen LogP contribution in [-0.4, -0.2) is 59.1 Å². The Kier molecular flexibility index (Phi) is 8.26. The van der Waals surface area contributed by atoms with E-state index in [1.807, 2.05) is 0 Å². The van der Waals surface area contributed by atoms with Crippen molar-refractivity contribution in [1.82, 2.24) is 0 Å². The zero-order valence-corrected chi connectivity index (χ0v) is 11.0. The summed E-state index contributed by atoms with van der Waals surface area (Å²) >= 11 is -3.07. The van der Waals surface area contributed by atoms with Gasteiger partial charge in [0, 0.05) is 0 Å². The normalized spacial score (nSPS) is 11.5. The minimum absolute atomic E-state index is 0.861. The summed E-state index contributed by atoms with van der Waals surface area (Å²) in [4.78, 5) is 0. The molecule has 0 bridgehead atoms. The molecule has 0 atom stereocenters. The van der Waals surface area contributed by atoms with E-state index in [1.165, 1.54) is 0 Å². The SMILES string of the molecule is CO[As](C[As](OC)OC)OC. The summed E-state index contributed by atoms with van der Waals surface area (Å²) in [6.07, 6.45) is 0. The van der Waals surface area contributed by atoms with E-state index in [0.717, 1.165) is 4.00 Å². The van der Waals surface area contributed by atoms with E-state index in [2.05, 4.69) is 0 Å². The molecule has 0 saturated heterocycles. The second kappa shape index (κ2) is 7.60. The van der Waals surface area contributed by atoms with Crippen LogP contribution in [0.2, 0.25) is 4.00 Å². The van der Waals surface area contributed by atoms with Gasteiger partial charge in [0.25, 0.3) is 0 Å². The molecule has 6 heteroatoms. The van der Waals surface area contributed by atoms with Crippen molar-refractivity contribution in [2.24, 2.45) is 0 Å². The minimum atomic E-state index is -1.53. The molecule has 0 unspecified atom stereocenters. The maximum absolute atomic E-state index is 5.13. The van der Waals surface area contributed by atoms with E-state index in [9.17, 15) is 0 Å². The first-order valence-corrected chi connectivity index (χ1v) is 8.71. The predicted octanol–water partition coefficient (Wildman–Crippen LogP) is 0.0876. The first-order chi connectivity index (χ1) is 5.28. The molecule has 68 valence electrons. The molecule has 0 saturated carbocycles. The Hall–Kier alpha value is 0.957. The predicted molar refractivity (Wildman–Crippen MR) is 44.4 cm³/mol. The van der Waals surface area contributed by atoms with Gasteiger partial charge >= 0.3 is 78.0 Å². The third-order valence-corrected chi connectivity index (χ3v) is 10.5. The van der Waals surface area contributed by atoms with Gasteiger partial charge in [0.15, 0.2) is 0 Å². The molecule has 0 rings (SSSR count). The molecule has 0 spiro atoms. The van der Waals surface area contributed by atoms with Gasteiger partial charge in [-0.15, -0.1) is 0 Å². The zero-order valence-electron chi connectivity index (χ0n) is 7.23. The topological polar surface area (TPSA) is 36.9 Å². The molecule has 0 aliphatic rings. The average molecular weight is 288 g/mol. The Morgan fingerprint density at radius 3 is 1.18 bits per heavy atom. The van der Waals surface area contributed by atoms with Gasteiger partial charge in [-0.3, -0.25) is 0 Å². The molecule has 11 heavy (non-hydrogen) atoms. The summed E-state index contributed by atoms with van der Waals surface area (Å²) in [5.41, 5.74) is 0. The maximum atomic E-state index is 5.13. The summed E-state index contributed by atoms with van der Waals surface area (Å²) < 4.78 is 21.4. The van der Waals surface area contributed by atoms with Crippen LogP contribution in [-0.2, 0) is 14.9 Å². The first-order valence-electron chi connectivity index (χ1n) is 3.00. The molecule has 0 aromatic rings. The van der Waals surface area contributed by atoms with Crippen LogP contribution in [0.25, 0.3) is 0 Å². The third-order valence-electron chi connectivity index (χ3n) is 1.05. The molecule has 0 radical (unpaired) electrons. The molecule has 0 heterocycles. The van der Waals surface area contributed by atoms with Crippen molar-refractivity contribution in [1.29, 1.82) is 0 Å². The van der Waals surface area contributed by atoms with Crippen molar-refractivity contribution in [3.63, 3.8) is 0 Å². The fraction of sp³-hybridized carbons (Fsp3) is 1.00. The van der Waals surface area contributed by atoms with Crippen LogP contribution in [0.1, 0.15) is 0 Å². The van der Waals surface area contributed by atoms with Gasteiger partial charge in [0.1, 0.15) is 0 Å². The van der Waals surface area contributed by atoms with Gasteiger partial charge in [-0.25, -0.2) is 0 Å². The van der Waals surface area contributed by atoms with Gasteiger partial charge in [0.05, 0.1) is 0 Å². The van der Waals surface area contributed by atoms with Gasteiger partial charge in [-0.05, 0) is 0 Å². The monoisotopic (exact) mass is 288 g/mol. The summed E-state index contributed by atoms with van der Waals surface area (Å²) in [6, 6.07) is 0. The molecule has 0 amide bonds. The molecular formula is C5H14As2O4. The van der Waals surface area contributed by atoms with Gasteiger partial charge < -0.3 is 0 Å². The van der Waals surface area contributed by atoms with Crippen LogP contribution in [0, 0.1) is 0 Å². The van der Waals surface area contributed by atoms with E-state index < -0.39 is 30.7 Å². The van der Waals surface area contributed by atoms with Crippen molar-refractivity contribution in [2.45, 2.75) is 4.00 Å². The standard InChI is InChI=1S/C5H14As2O4/c1-8-6(9-2)5-7(10-3)11-4/h5H2,1-4H3. The third kappa shape index (κ3) is 5.24. The van der Waals surface area contributed by atoms with E-state index in [-0.39, 0.29) is 0 Å².